The molecular weight excluding hydrogens is 433 g/mol. The van der Waals surface area contributed by atoms with Crippen molar-refractivity contribution in [2.24, 2.45) is 22.2 Å². The molecule has 2 aromatic rings. The lowest BCUT2D eigenvalue weighted by atomic mass is 9.79. The zero-order valence-electron chi connectivity index (χ0n) is 17.5. The molecule has 10 heteroatoms. The Kier molecular flexibility index (Phi) is 7.66. The summed E-state index contributed by atoms with van der Waals surface area (Å²) in [5.74, 6) is -1.59. The van der Waals surface area contributed by atoms with E-state index in [4.69, 9.17) is 28.8 Å². The van der Waals surface area contributed by atoms with E-state index >= 15 is 0 Å². The molecule has 0 radical (unpaired) electrons. The molecule has 0 unspecified atom stereocenters. The Morgan fingerprint density at radius 3 is 2.62 bits per heavy atom. The molecule has 0 aliphatic heterocycles. The molecule has 8 nitrogen and oxygen atoms in total. The van der Waals surface area contributed by atoms with Gasteiger partial charge in [-0.15, -0.1) is 0 Å². The van der Waals surface area contributed by atoms with Crippen LogP contribution in [0.25, 0.3) is 0 Å². The molecule has 8 N–H and O–H groups in total. The van der Waals surface area contributed by atoms with Crippen molar-refractivity contribution in [2.75, 3.05) is 11.9 Å². The van der Waals surface area contributed by atoms with Crippen molar-refractivity contribution < 1.29 is 9.18 Å². The zero-order valence-corrected chi connectivity index (χ0v) is 18.3. The topological polar surface area (TPSA) is 144 Å². The lowest BCUT2D eigenvalue weighted by Gasteiger charge is -2.40. The number of amidine groups is 1. The normalized spacial score (nSPS) is 21.8. The second kappa shape index (κ2) is 10.4. The molecule has 1 aliphatic rings. The van der Waals surface area contributed by atoms with Crippen molar-refractivity contribution in [1.29, 1.82) is 0 Å². The number of anilines is 1. The maximum absolute atomic E-state index is 13.3. The van der Waals surface area contributed by atoms with Gasteiger partial charge in [0.05, 0.1) is 22.0 Å². The summed E-state index contributed by atoms with van der Waals surface area (Å²) in [6.45, 7) is 0.362. The van der Waals surface area contributed by atoms with Crippen molar-refractivity contribution in [3.63, 3.8) is 0 Å². The van der Waals surface area contributed by atoms with Gasteiger partial charge in [0.1, 0.15) is 5.84 Å². The first-order valence-electron chi connectivity index (χ1n) is 10.3. The predicted molar refractivity (Wildman–Crippen MR) is 125 cm³/mol. The number of nitrogens with one attached hydrogen (secondary N) is 2. The van der Waals surface area contributed by atoms with Crippen LogP contribution in [-0.4, -0.2) is 34.9 Å². The van der Waals surface area contributed by atoms with Crippen LogP contribution in [0.15, 0.2) is 59.4 Å². The number of halogens is 2. The average Bonchev–Trinajstić information content (AvgIpc) is 2.76. The molecule has 1 amide bonds. The molecule has 1 aliphatic carbocycles. The number of carbonyl (C=O) groups excluding carboxylic acids is 1. The average molecular weight is 460 g/mol. The predicted octanol–water partition coefficient (Wildman–Crippen LogP) is 2.57. The highest BCUT2D eigenvalue weighted by molar-refractivity contribution is 6.33. The zero-order chi connectivity index (χ0) is 23.1. The van der Waals surface area contributed by atoms with Crippen molar-refractivity contribution in [3.8, 4) is 0 Å². The molecule has 1 fully saturated rings. The molecule has 1 aromatic heterocycles. The highest BCUT2D eigenvalue weighted by Gasteiger charge is 2.34. The molecule has 0 atom stereocenters. The van der Waals surface area contributed by atoms with E-state index < -0.39 is 17.4 Å². The van der Waals surface area contributed by atoms with Crippen molar-refractivity contribution in [3.05, 3.63) is 65.3 Å². The van der Waals surface area contributed by atoms with Crippen molar-refractivity contribution in [2.45, 2.75) is 37.3 Å². The molecule has 1 aromatic carbocycles. The van der Waals surface area contributed by atoms with E-state index in [1.165, 1.54) is 18.5 Å². The third-order valence-electron chi connectivity index (χ3n) is 5.59. The largest absolute Gasteiger partial charge is 0.383 e. The molecule has 32 heavy (non-hydrogen) atoms. The van der Waals surface area contributed by atoms with E-state index in [1.807, 2.05) is 24.3 Å². The summed E-state index contributed by atoms with van der Waals surface area (Å²) in [5.41, 5.74) is 18.2. The van der Waals surface area contributed by atoms with Crippen LogP contribution in [0.3, 0.4) is 0 Å². The van der Waals surface area contributed by atoms with Crippen molar-refractivity contribution in [1.82, 2.24) is 10.3 Å². The van der Waals surface area contributed by atoms with Crippen LogP contribution in [0.5, 0.6) is 0 Å². The summed E-state index contributed by atoms with van der Waals surface area (Å²) in [5, 5.41) is 7.41. The number of nitrogens with two attached hydrogens (primary N) is 3. The third-order valence-corrected chi connectivity index (χ3v) is 5.92. The fourth-order valence-corrected chi connectivity index (χ4v) is 3.87. The van der Waals surface area contributed by atoms with Crippen LogP contribution in [0.1, 0.15) is 25.7 Å². The molecular formula is C22H27ClFN7O. The Balaban J connectivity index is 1.69. The van der Waals surface area contributed by atoms with Crippen LogP contribution in [0, 0.1) is 5.95 Å². The van der Waals surface area contributed by atoms with E-state index in [-0.39, 0.29) is 23.1 Å². The van der Waals surface area contributed by atoms with E-state index in [0.717, 1.165) is 37.4 Å². The van der Waals surface area contributed by atoms with E-state index in [1.54, 1.807) is 0 Å². The molecule has 0 spiro atoms. The first-order valence-corrected chi connectivity index (χ1v) is 10.6. The summed E-state index contributed by atoms with van der Waals surface area (Å²) in [4.78, 5) is 19.5. The minimum Gasteiger partial charge on any atom is -0.383 e. The van der Waals surface area contributed by atoms with Crippen LogP contribution < -0.4 is 27.8 Å². The van der Waals surface area contributed by atoms with Gasteiger partial charge in [0.25, 0.3) is 5.91 Å². The lowest BCUT2D eigenvalue weighted by Crippen LogP contribution is -2.53. The molecule has 0 saturated heterocycles. The fourth-order valence-electron chi connectivity index (χ4n) is 3.68. The Hall–Kier alpha value is -3.17. The maximum atomic E-state index is 13.3. The smallest absolute Gasteiger partial charge is 0.253 e. The van der Waals surface area contributed by atoms with Gasteiger partial charge < -0.3 is 27.8 Å². The first kappa shape index (κ1) is 23.5. The standard InChI is InChI=1S/C22H27ClFN7O/c23-17-3-1-2-4-18(17)30-14-5-8-22(13-25,9-6-14)29-12-16(21(27)32)20(26)31-15-7-10-28-19(24)11-15/h1-4,7,10-12,14,29-30H,5-6,8-9,13,25H2,(H2,27,32)(H2,26,28,31)/b16-12+. The van der Waals surface area contributed by atoms with Crippen LogP contribution in [0.4, 0.5) is 15.8 Å². The minimum atomic E-state index is -0.755. The van der Waals surface area contributed by atoms with Gasteiger partial charge in [-0.25, -0.2) is 9.98 Å². The number of pyridine rings is 1. The minimum absolute atomic E-state index is 0.00800. The molecule has 170 valence electrons. The SMILES string of the molecule is NCC1(N/C=C(/C(N)=O)C(N)=Nc2ccnc(F)c2)CCC(Nc2ccccc2Cl)CC1. The van der Waals surface area contributed by atoms with Gasteiger partial charge in [-0.05, 0) is 43.9 Å². The summed E-state index contributed by atoms with van der Waals surface area (Å²) in [7, 11) is 0. The number of aromatic nitrogens is 1. The van der Waals surface area contributed by atoms with Gasteiger partial charge in [-0.2, -0.15) is 4.39 Å². The summed E-state index contributed by atoms with van der Waals surface area (Å²) in [6, 6.07) is 10.4. The van der Waals surface area contributed by atoms with Gasteiger partial charge in [0.15, 0.2) is 0 Å². The summed E-state index contributed by atoms with van der Waals surface area (Å²) < 4.78 is 13.3. The molecule has 3 rings (SSSR count). The lowest BCUT2D eigenvalue weighted by molar-refractivity contribution is -0.114. The molecule has 1 saturated carbocycles. The maximum Gasteiger partial charge on any atom is 0.253 e. The fraction of sp³-hybridized carbons (Fsp3) is 0.318. The number of primary amides is 1. The number of aliphatic imine (C=N–C) groups is 1. The van der Waals surface area contributed by atoms with Crippen LogP contribution in [-0.2, 0) is 4.79 Å². The Morgan fingerprint density at radius 2 is 2.00 bits per heavy atom. The quantitative estimate of drug-likeness (QED) is 0.177. The molecule has 1 heterocycles. The highest BCUT2D eigenvalue weighted by atomic mass is 35.5. The summed E-state index contributed by atoms with van der Waals surface area (Å²) >= 11 is 6.24. The Bertz CT molecular complexity index is 1020. The number of para-hydroxylation sites is 1. The number of amides is 1. The monoisotopic (exact) mass is 459 g/mol. The molecule has 0 bridgehead atoms. The van der Waals surface area contributed by atoms with E-state index in [2.05, 4.69) is 20.6 Å². The Labute approximate surface area is 191 Å². The van der Waals surface area contributed by atoms with Gasteiger partial charge in [-0.3, -0.25) is 4.79 Å². The second-order valence-electron chi connectivity index (χ2n) is 7.78. The highest BCUT2D eigenvalue weighted by Crippen LogP contribution is 2.31. The van der Waals surface area contributed by atoms with E-state index in [0.29, 0.717) is 11.6 Å². The number of rotatable bonds is 8. The van der Waals surface area contributed by atoms with Gasteiger partial charge >= 0.3 is 0 Å². The second-order valence-corrected chi connectivity index (χ2v) is 8.19. The van der Waals surface area contributed by atoms with Gasteiger partial charge in [0.2, 0.25) is 5.95 Å². The number of benzene rings is 1. The Morgan fingerprint density at radius 1 is 1.28 bits per heavy atom. The van der Waals surface area contributed by atoms with Crippen LogP contribution in [0.2, 0.25) is 5.02 Å². The van der Waals surface area contributed by atoms with Gasteiger partial charge in [0, 0.05) is 36.6 Å². The first-order chi connectivity index (χ1) is 15.3. The number of hydrogen-bond donors (Lipinski definition) is 5. The van der Waals surface area contributed by atoms with E-state index in [9.17, 15) is 9.18 Å². The number of carbonyl (C=O) groups is 1. The number of nitrogens with zero attached hydrogens (tertiary/aromatic N) is 2. The number of hydrogen-bond acceptors (Lipinski definition) is 6. The van der Waals surface area contributed by atoms with Crippen molar-refractivity contribution >= 4 is 34.7 Å². The van der Waals surface area contributed by atoms with Crippen LogP contribution >= 0.6 is 11.6 Å². The summed E-state index contributed by atoms with van der Waals surface area (Å²) in [6.07, 6.45) is 5.95. The van der Waals surface area contributed by atoms with Gasteiger partial charge in [-0.1, -0.05) is 23.7 Å². The third kappa shape index (κ3) is 5.95.